The van der Waals surface area contributed by atoms with Crippen LogP contribution in [-0.2, 0) is 14.3 Å². The lowest BCUT2D eigenvalue weighted by Gasteiger charge is -2.30. The molecule has 10 nitrogen and oxygen atoms in total. The smallest absolute Gasteiger partial charge is 0.355 e. The number of nitrogens with one attached hydrogen (secondary N) is 1. The van der Waals surface area contributed by atoms with Crippen LogP contribution in [-0.4, -0.2) is 55.5 Å². The van der Waals surface area contributed by atoms with Crippen LogP contribution in [0, 0.1) is 5.92 Å². The van der Waals surface area contributed by atoms with Crippen LogP contribution in [0.4, 0.5) is 5.13 Å². The summed E-state index contributed by atoms with van der Waals surface area (Å²) in [5.41, 5.74) is 5.51. The number of primary amides is 1. The number of benzene rings is 1. The molecular formula is C20H22N4O6S. The van der Waals surface area contributed by atoms with E-state index in [1.165, 1.54) is 48.9 Å². The van der Waals surface area contributed by atoms with Crippen molar-refractivity contribution in [3.05, 3.63) is 40.9 Å². The molecule has 3 N–H and O–H groups in total. The number of hydrogen-bond donors (Lipinski definition) is 2. The van der Waals surface area contributed by atoms with Gasteiger partial charge >= 0.3 is 11.9 Å². The van der Waals surface area contributed by atoms with Gasteiger partial charge in [0, 0.05) is 24.6 Å². The summed E-state index contributed by atoms with van der Waals surface area (Å²) in [7, 11) is 1.27. The quantitative estimate of drug-likeness (QED) is 0.473. The predicted octanol–water partition coefficient (Wildman–Crippen LogP) is 0.967. The molecule has 2 aromatic rings. The summed E-state index contributed by atoms with van der Waals surface area (Å²) in [6, 6.07) is 5.95. The van der Waals surface area contributed by atoms with Gasteiger partial charge in [-0.1, -0.05) is 11.3 Å². The van der Waals surface area contributed by atoms with Crippen LogP contribution in [0.15, 0.2) is 30.5 Å². The number of carbonyl (C=O) groups excluding carboxylic acids is 4. The van der Waals surface area contributed by atoms with Gasteiger partial charge in [-0.2, -0.15) is 0 Å². The number of anilines is 1. The Balaban J connectivity index is 1.51. The van der Waals surface area contributed by atoms with Crippen LogP contribution in [0.3, 0.4) is 0 Å². The molecule has 1 aromatic carbocycles. The molecule has 0 spiro atoms. The molecule has 1 fully saturated rings. The van der Waals surface area contributed by atoms with Gasteiger partial charge in [0.2, 0.25) is 11.8 Å². The van der Waals surface area contributed by atoms with Gasteiger partial charge in [0.1, 0.15) is 17.2 Å². The number of hydrogen-bond acceptors (Lipinski definition) is 9. The zero-order valence-electron chi connectivity index (χ0n) is 16.8. The highest BCUT2D eigenvalue weighted by atomic mass is 32.1. The maximum Gasteiger partial charge on any atom is 0.355 e. The summed E-state index contributed by atoms with van der Waals surface area (Å²) in [4.78, 5) is 53.4. The molecular weight excluding hydrogens is 424 g/mol. The molecule has 2 heterocycles. The van der Waals surface area contributed by atoms with Crippen LogP contribution in [0.1, 0.15) is 32.9 Å². The number of amides is 2. The van der Waals surface area contributed by atoms with E-state index in [1.54, 1.807) is 0 Å². The van der Waals surface area contributed by atoms with Gasteiger partial charge in [-0.15, -0.1) is 0 Å². The Morgan fingerprint density at radius 3 is 2.48 bits per heavy atom. The number of nitrogens with two attached hydrogens (primary N) is 1. The number of rotatable bonds is 7. The third-order valence-electron chi connectivity index (χ3n) is 4.81. The van der Waals surface area contributed by atoms with Crippen LogP contribution >= 0.6 is 11.3 Å². The van der Waals surface area contributed by atoms with Crippen molar-refractivity contribution in [3.63, 3.8) is 0 Å². The summed E-state index contributed by atoms with van der Waals surface area (Å²) in [6.07, 6.45) is 2.67. The second kappa shape index (κ2) is 10.0. The van der Waals surface area contributed by atoms with Crippen molar-refractivity contribution in [2.75, 3.05) is 31.6 Å². The molecule has 0 bridgehead atoms. The molecule has 1 aromatic heterocycles. The van der Waals surface area contributed by atoms with E-state index in [9.17, 15) is 19.2 Å². The van der Waals surface area contributed by atoms with Crippen molar-refractivity contribution in [2.45, 2.75) is 12.8 Å². The number of carbonyl (C=O) groups is 4. The summed E-state index contributed by atoms with van der Waals surface area (Å²) < 4.78 is 9.82. The normalized spacial score (nSPS) is 14.0. The second-order valence-electron chi connectivity index (χ2n) is 6.84. The monoisotopic (exact) mass is 446 g/mol. The minimum absolute atomic E-state index is 0.140. The zero-order chi connectivity index (χ0) is 22.4. The van der Waals surface area contributed by atoms with E-state index >= 15 is 0 Å². The number of esters is 2. The van der Waals surface area contributed by atoms with Gasteiger partial charge in [-0.3, -0.25) is 14.4 Å². The van der Waals surface area contributed by atoms with Crippen LogP contribution in [0.25, 0.3) is 0 Å². The average Bonchev–Trinajstić information content (AvgIpc) is 3.28. The first-order valence-electron chi connectivity index (χ1n) is 9.54. The lowest BCUT2D eigenvalue weighted by Crippen LogP contribution is -2.42. The van der Waals surface area contributed by atoms with E-state index < -0.39 is 17.8 Å². The summed E-state index contributed by atoms with van der Waals surface area (Å²) in [6.45, 7) is 1.07. The Kier molecular flexibility index (Phi) is 7.19. The highest BCUT2D eigenvalue weighted by Crippen LogP contribution is 2.28. The third-order valence-corrected chi connectivity index (χ3v) is 5.85. The summed E-state index contributed by atoms with van der Waals surface area (Å²) in [5, 5.41) is 3.25. The Morgan fingerprint density at radius 1 is 1.19 bits per heavy atom. The van der Waals surface area contributed by atoms with E-state index in [0.717, 1.165) is 0 Å². The van der Waals surface area contributed by atoms with E-state index in [0.29, 0.717) is 47.3 Å². The standard InChI is InChI=1S/C20H22N4O6S/c1-29-16(25)11-22-18(27)13-6-8-24(9-7-13)20-23-10-15(31-20)19(28)30-14-4-2-12(3-5-14)17(21)26/h2-5,10,13H,6-9,11H2,1H3,(H2,21,26)(H,22,27). The van der Waals surface area contributed by atoms with Crippen molar-refractivity contribution in [1.82, 2.24) is 10.3 Å². The number of aromatic nitrogens is 1. The first-order valence-corrected chi connectivity index (χ1v) is 10.4. The molecule has 164 valence electrons. The van der Waals surface area contributed by atoms with Gasteiger partial charge in [0.25, 0.3) is 0 Å². The van der Waals surface area contributed by atoms with Gasteiger partial charge in [0.15, 0.2) is 5.13 Å². The third kappa shape index (κ3) is 5.79. The Bertz CT molecular complexity index is 966. The zero-order valence-corrected chi connectivity index (χ0v) is 17.6. The molecule has 1 aliphatic rings. The SMILES string of the molecule is COC(=O)CNC(=O)C1CCN(c2ncc(C(=O)Oc3ccc(C(N)=O)cc3)s2)CC1. The second-order valence-corrected chi connectivity index (χ2v) is 7.85. The minimum atomic E-state index is -0.560. The van der Waals surface area contributed by atoms with E-state index in [-0.39, 0.29) is 18.4 Å². The topological polar surface area (TPSA) is 141 Å². The maximum atomic E-state index is 12.4. The molecule has 0 saturated carbocycles. The Hall–Kier alpha value is -3.47. The van der Waals surface area contributed by atoms with Gasteiger partial charge in [-0.05, 0) is 37.1 Å². The average molecular weight is 446 g/mol. The highest BCUT2D eigenvalue weighted by molar-refractivity contribution is 7.17. The van der Waals surface area contributed by atoms with Gasteiger partial charge < -0.3 is 25.4 Å². The first-order chi connectivity index (χ1) is 14.9. The Morgan fingerprint density at radius 2 is 1.87 bits per heavy atom. The van der Waals surface area contributed by atoms with Gasteiger partial charge in [-0.25, -0.2) is 9.78 Å². The van der Waals surface area contributed by atoms with Crippen molar-refractivity contribution in [3.8, 4) is 5.75 Å². The number of nitrogens with zero attached hydrogens (tertiary/aromatic N) is 2. The van der Waals surface area contributed by atoms with Crippen LogP contribution in [0.5, 0.6) is 5.75 Å². The fraction of sp³-hybridized carbons (Fsp3) is 0.350. The predicted molar refractivity (Wildman–Crippen MR) is 112 cm³/mol. The number of piperidine rings is 1. The molecule has 11 heteroatoms. The summed E-state index contributed by atoms with van der Waals surface area (Å²) >= 11 is 1.21. The molecule has 3 rings (SSSR count). The minimum Gasteiger partial charge on any atom is -0.468 e. The number of methoxy groups -OCH3 is 1. The Labute approximate surface area is 182 Å². The molecule has 0 radical (unpaired) electrons. The van der Waals surface area contributed by atoms with Crippen molar-refractivity contribution in [2.24, 2.45) is 11.7 Å². The van der Waals surface area contributed by atoms with E-state index in [4.69, 9.17) is 10.5 Å². The molecule has 2 amide bonds. The van der Waals surface area contributed by atoms with Crippen molar-refractivity contribution >= 4 is 40.2 Å². The number of thiazole rings is 1. The molecule has 0 unspecified atom stereocenters. The fourth-order valence-corrected chi connectivity index (χ4v) is 3.90. The maximum absolute atomic E-state index is 12.4. The highest BCUT2D eigenvalue weighted by Gasteiger charge is 2.27. The van der Waals surface area contributed by atoms with Crippen molar-refractivity contribution < 1.29 is 28.7 Å². The van der Waals surface area contributed by atoms with E-state index in [2.05, 4.69) is 15.0 Å². The van der Waals surface area contributed by atoms with E-state index in [1.807, 2.05) is 4.90 Å². The van der Waals surface area contributed by atoms with Crippen LogP contribution in [0.2, 0.25) is 0 Å². The lowest BCUT2D eigenvalue weighted by molar-refractivity contribution is -0.141. The molecule has 1 aliphatic heterocycles. The molecule has 0 aliphatic carbocycles. The molecule has 31 heavy (non-hydrogen) atoms. The number of ether oxygens (including phenoxy) is 2. The van der Waals surface area contributed by atoms with Gasteiger partial charge in [0.05, 0.1) is 13.3 Å². The largest absolute Gasteiger partial charge is 0.468 e. The van der Waals surface area contributed by atoms with Crippen LogP contribution < -0.4 is 20.7 Å². The molecule has 0 atom stereocenters. The first kappa shape index (κ1) is 22.2. The molecule has 1 saturated heterocycles. The lowest BCUT2D eigenvalue weighted by atomic mass is 9.96. The fourth-order valence-electron chi connectivity index (χ4n) is 3.06. The van der Waals surface area contributed by atoms with Crippen molar-refractivity contribution in [1.29, 1.82) is 0 Å². The summed E-state index contributed by atoms with van der Waals surface area (Å²) in [5.74, 6) is -1.66.